The number of nitrogens with one attached hydrogen (secondary N) is 1. The maximum atomic E-state index is 15.2. The highest BCUT2D eigenvalue weighted by molar-refractivity contribution is 7.67. The molecule has 0 aliphatic carbocycles. The quantitative estimate of drug-likeness (QED) is 0.142. The van der Waals surface area contributed by atoms with E-state index in [4.69, 9.17) is 4.52 Å². The van der Waals surface area contributed by atoms with Gasteiger partial charge in [0.2, 0.25) is 0 Å². The van der Waals surface area contributed by atoms with Gasteiger partial charge in [-0.25, -0.2) is 4.39 Å². The van der Waals surface area contributed by atoms with Crippen LogP contribution in [0.5, 0.6) is 0 Å². The number of halogens is 1. The van der Waals surface area contributed by atoms with Crippen LogP contribution in [-0.2, 0) is 15.7 Å². The molecular formula is C28H27FN3O4P. The van der Waals surface area contributed by atoms with E-state index in [9.17, 15) is 14.7 Å². The Morgan fingerprint density at radius 1 is 0.919 bits per heavy atom. The van der Waals surface area contributed by atoms with Crippen LogP contribution < -0.4 is 15.5 Å². The van der Waals surface area contributed by atoms with Crippen LogP contribution in [-0.4, -0.2) is 19.0 Å². The molecule has 0 saturated heterocycles. The van der Waals surface area contributed by atoms with Crippen molar-refractivity contribution in [2.45, 2.75) is 12.4 Å². The zero-order valence-electron chi connectivity index (χ0n) is 20.5. The molecule has 7 nitrogen and oxygen atoms in total. The fourth-order valence-electron chi connectivity index (χ4n) is 3.95. The summed E-state index contributed by atoms with van der Waals surface area (Å²) in [6, 6.07) is 28.1. The summed E-state index contributed by atoms with van der Waals surface area (Å²) in [4.78, 5) is 13.1. The second-order valence-corrected chi connectivity index (χ2v) is 11.1. The van der Waals surface area contributed by atoms with Gasteiger partial charge in [0, 0.05) is 36.7 Å². The smallest absolute Gasteiger partial charge is 0.292 e. The van der Waals surface area contributed by atoms with Crippen LogP contribution in [0.25, 0.3) is 0 Å². The van der Waals surface area contributed by atoms with Gasteiger partial charge in [-0.15, -0.1) is 0 Å². The van der Waals surface area contributed by atoms with Crippen molar-refractivity contribution in [2.75, 3.05) is 24.3 Å². The molecule has 4 rings (SSSR count). The lowest BCUT2D eigenvalue weighted by molar-refractivity contribution is -0.384. The Morgan fingerprint density at radius 3 is 2.19 bits per heavy atom. The molecule has 9 heteroatoms. The van der Waals surface area contributed by atoms with Gasteiger partial charge in [-0.05, 0) is 42.0 Å². The standard InChI is InChI=1S/C28H27FN3O4P/c1-31(2)22-16-18-23(19-17-22)37(35,36-20-21-10-4-3-5-11-21)28(24-12-6-7-13-25(24)29)30-26-14-8-9-15-27(26)32(33)34/h3-19,28,30H,20H2,1-2H3. The van der Waals surface area contributed by atoms with E-state index in [2.05, 4.69) is 5.32 Å². The van der Waals surface area contributed by atoms with Gasteiger partial charge in [-0.3, -0.25) is 14.7 Å². The highest BCUT2D eigenvalue weighted by Gasteiger charge is 2.40. The minimum absolute atomic E-state index is 0.00291. The van der Waals surface area contributed by atoms with Crippen molar-refractivity contribution in [2.24, 2.45) is 0 Å². The first-order valence-corrected chi connectivity index (χ1v) is 13.3. The fraction of sp³-hybridized carbons (Fsp3) is 0.143. The summed E-state index contributed by atoms with van der Waals surface area (Å²) in [6.07, 6.45) is 0. The van der Waals surface area contributed by atoms with Gasteiger partial charge in [0.05, 0.1) is 11.5 Å². The molecule has 0 radical (unpaired) electrons. The van der Waals surface area contributed by atoms with E-state index in [0.717, 1.165) is 11.3 Å². The molecule has 0 aromatic heterocycles. The Hall–Kier alpha value is -4.00. The first-order valence-electron chi connectivity index (χ1n) is 11.6. The van der Waals surface area contributed by atoms with Gasteiger partial charge < -0.3 is 14.7 Å². The number of benzene rings is 4. The number of hydrogen-bond donors (Lipinski definition) is 1. The molecule has 4 aromatic rings. The summed E-state index contributed by atoms with van der Waals surface area (Å²) in [5.41, 5.74) is 1.63. The molecule has 2 atom stereocenters. The summed E-state index contributed by atoms with van der Waals surface area (Å²) >= 11 is 0. The molecular weight excluding hydrogens is 492 g/mol. The van der Waals surface area contributed by atoms with Crippen molar-refractivity contribution in [3.05, 3.63) is 130 Å². The van der Waals surface area contributed by atoms with E-state index in [0.29, 0.717) is 5.30 Å². The second kappa shape index (κ2) is 11.4. The van der Waals surface area contributed by atoms with Gasteiger partial charge in [0.1, 0.15) is 17.3 Å². The van der Waals surface area contributed by atoms with E-state index in [-0.39, 0.29) is 23.5 Å². The summed E-state index contributed by atoms with van der Waals surface area (Å²) in [7, 11) is -0.179. The maximum Gasteiger partial charge on any atom is 0.292 e. The Labute approximate surface area is 215 Å². The molecule has 4 aromatic carbocycles. The molecule has 0 aliphatic heterocycles. The third kappa shape index (κ3) is 5.88. The van der Waals surface area contributed by atoms with Gasteiger partial charge in [0.25, 0.3) is 13.1 Å². The van der Waals surface area contributed by atoms with Crippen molar-refractivity contribution in [3.63, 3.8) is 0 Å². The van der Waals surface area contributed by atoms with Crippen molar-refractivity contribution < 1.29 is 18.4 Å². The normalized spacial score (nSPS) is 13.4. The molecule has 1 N–H and O–H groups in total. The molecule has 0 spiro atoms. The minimum Gasteiger partial charge on any atom is -0.378 e. The first-order chi connectivity index (χ1) is 17.8. The molecule has 190 valence electrons. The number of nitro benzene ring substituents is 1. The van der Waals surface area contributed by atoms with Crippen molar-refractivity contribution >= 4 is 29.7 Å². The van der Waals surface area contributed by atoms with E-state index in [1.165, 1.54) is 36.4 Å². The minimum atomic E-state index is -3.95. The molecule has 0 heterocycles. The Morgan fingerprint density at radius 2 is 1.54 bits per heavy atom. The lowest BCUT2D eigenvalue weighted by Crippen LogP contribution is -2.22. The number of para-hydroxylation sites is 2. The van der Waals surface area contributed by atoms with Gasteiger partial charge >= 0.3 is 0 Å². The predicted octanol–water partition coefficient (Wildman–Crippen LogP) is 6.73. The maximum absolute atomic E-state index is 15.2. The highest BCUT2D eigenvalue weighted by atomic mass is 31.2. The molecule has 0 bridgehead atoms. The van der Waals surface area contributed by atoms with Crippen LogP contribution in [0.15, 0.2) is 103 Å². The van der Waals surface area contributed by atoms with Crippen LogP contribution in [0.3, 0.4) is 0 Å². The summed E-state index contributed by atoms with van der Waals surface area (Å²) in [5, 5.41) is 15.1. The number of anilines is 2. The van der Waals surface area contributed by atoms with Crippen LogP contribution in [0, 0.1) is 15.9 Å². The zero-order chi connectivity index (χ0) is 26.4. The van der Waals surface area contributed by atoms with Crippen LogP contribution in [0.4, 0.5) is 21.5 Å². The third-order valence-electron chi connectivity index (χ3n) is 5.92. The van der Waals surface area contributed by atoms with E-state index >= 15 is 4.39 Å². The summed E-state index contributed by atoms with van der Waals surface area (Å²) in [6.45, 7) is -0.00291. The molecule has 0 fully saturated rings. The van der Waals surface area contributed by atoms with Crippen molar-refractivity contribution in [1.82, 2.24) is 0 Å². The first kappa shape index (κ1) is 26.1. The average molecular weight is 520 g/mol. The molecule has 37 heavy (non-hydrogen) atoms. The highest BCUT2D eigenvalue weighted by Crippen LogP contribution is 2.60. The fourth-order valence-corrected chi connectivity index (χ4v) is 6.33. The topological polar surface area (TPSA) is 84.7 Å². The summed E-state index contributed by atoms with van der Waals surface area (Å²) < 4.78 is 36.4. The van der Waals surface area contributed by atoms with Gasteiger partial charge in [-0.1, -0.05) is 60.7 Å². The summed E-state index contributed by atoms with van der Waals surface area (Å²) in [5.74, 6) is -1.85. The van der Waals surface area contributed by atoms with E-state index in [1.54, 1.807) is 36.4 Å². The molecule has 0 aliphatic rings. The predicted molar refractivity (Wildman–Crippen MR) is 145 cm³/mol. The SMILES string of the molecule is CN(C)c1ccc(P(=O)(OCc2ccccc2)C(Nc2ccccc2[N+](=O)[O-])c2ccccc2F)cc1. The van der Waals surface area contributed by atoms with E-state index in [1.807, 2.05) is 49.3 Å². The Bertz CT molecular complexity index is 1410. The largest absolute Gasteiger partial charge is 0.378 e. The van der Waals surface area contributed by atoms with Crippen LogP contribution >= 0.6 is 7.37 Å². The van der Waals surface area contributed by atoms with Crippen molar-refractivity contribution in [1.29, 1.82) is 0 Å². The lowest BCUT2D eigenvalue weighted by Gasteiger charge is -2.30. The molecule has 0 saturated carbocycles. The third-order valence-corrected chi connectivity index (χ3v) is 8.54. The Kier molecular flexibility index (Phi) is 8.01. The van der Waals surface area contributed by atoms with E-state index < -0.39 is 23.9 Å². The van der Waals surface area contributed by atoms with Crippen molar-refractivity contribution in [3.8, 4) is 0 Å². The number of rotatable bonds is 10. The van der Waals surface area contributed by atoms with Crippen LogP contribution in [0.2, 0.25) is 0 Å². The Balaban J connectivity index is 1.87. The lowest BCUT2D eigenvalue weighted by atomic mass is 10.2. The molecule has 0 amide bonds. The average Bonchev–Trinajstić information content (AvgIpc) is 2.91. The second-order valence-electron chi connectivity index (χ2n) is 8.61. The number of nitro groups is 1. The van der Waals surface area contributed by atoms with Gasteiger partial charge in [0.15, 0.2) is 0 Å². The van der Waals surface area contributed by atoms with Gasteiger partial charge in [-0.2, -0.15) is 0 Å². The molecule has 2 unspecified atom stereocenters. The van der Waals surface area contributed by atoms with Crippen LogP contribution in [0.1, 0.15) is 16.9 Å². The zero-order valence-corrected chi connectivity index (χ0v) is 21.3. The monoisotopic (exact) mass is 519 g/mol. The number of hydrogen-bond acceptors (Lipinski definition) is 6. The number of nitrogens with zero attached hydrogens (tertiary/aromatic N) is 2.